The molecule has 100 valence electrons. The highest BCUT2D eigenvalue weighted by Gasteiger charge is 2.25. The first kappa shape index (κ1) is 12.7. The minimum Gasteiger partial charge on any atom is -0.330 e. The average molecular weight is 282 g/mol. The Morgan fingerprint density at radius 1 is 1.20 bits per heavy atom. The maximum Gasteiger partial charge on any atom is 0.194 e. The van der Waals surface area contributed by atoms with Crippen LogP contribution in [-0.2, 0) is 0 Å². The summed E-state index contributed by atoms with van der Waals surface area (Å²) in [6.07, 6.45) is 6.23. The van der Waals surface area contributed by atoms with E-state index in [9.17, 15) is 0 Å². The lowest BCUT2D eigenvalue weighted by Crippen LogP contribution is -2.31. The van der Waals surface area contributed by atoms with E-state index in [4.69, 9.17) is 12.2 Å². The van der Waals surface area contributed by atoms with Crippen molar-refractivity contribution in [2.24, 2.45) is 5.10 Å². The first-order valence-electron chi connectivity index (χ1n) is 6.42. The van der Waals surface area contributed by atoms with Crippen LogP contribution in [0.4, 0.5) is 5.69 Å². The van der Waals surface area contributed by atoms with E-state index in [1.165, 1.54) is 5.56 Å². The van der Waals surface area contributed by atoms with Crippen molar-refractivity contribution >= 4 is 29.2 Å². The van der Waals surface area contributed by atoms with Gasteiger partial charge in [-0.2, -0.15) is 5.10 Å². The van der Waals surface area contributed by atoms with E-state index in [-0.39, 0.29) is 6.04 Å². The van der Waals surface area contributed by atoms with Crippen LogP contribution in [0.5, 0.6) is 0 Å². The molecule has 4 nitrogen and oxygen atoms in total. The molecular formula is C15H14N4S. The quantitative estimate of drug-likeness (QED) is 0.859. The second kappa shape index (κ2) is 5.79. The van der Waals surface area contributed by atoms with Crippen molar-refractivity contribution in [2.75, 3.05) is 5.32 Å². The first-order chi connectivity index (χ1) is 9.84. The zero-order valence-electron chi connectivity index (χ0n) is 10.8. The summed E-state index contributed by atoms with van der Waals surface area (Å²) in [7, 11) is 0. The Hall–Kier alpha value is -2.27. The SMILES string of the molecule is S=C(Nc1cccnc1)N1N=CCC1c1ccccc1. The third-order valence-corrected chi connectivity index (χ3v) is 3.42. The molecule has 3 rings (SSSR count). The van der Waals surface area contributed by atoms with Gasteiger partial charge in [0.25, 0.3) is 0 Å². The number of pyridine rings is 1. The van der Waals surface area contributed by atoms with E-state index < -0.39 is 0 Å². The van der Waals surface area contributed by atoms with Gasteiger partial charge >= 0.3 is 0 Å². The van der Waals surface area contributed by atoms with Crippen LogP contribution in [0.25, 0.3) is 0 Å². The molecule has 1 unspecified atom stereocenters. The highest BCUT2D eigenvalue weighted by atomic mass is 32.1. The van der Waals surface area contributed by atoms with Gasteiger partial charge in [0.2, 0.25) is 0 Å². The highest BCUT2D eigenvalue weighted by Crippen LogP contribution is 2.28. The second-order valence-corrected chi connectivity index (χ2v) is 4.86. The summed E-state index contributed by atoms with van der Waals surface area (Å²) in [5.74, 6) is 0. The molecule has 1 atom stereocenters. The fourth-order valence-electron chi connectivity index (χ4n) is 2.18. The molecule has 0 amide bonds. The molecule has 2 heterocycles. The van der Waals surface area contributed by atoms with Crippen molar-refractivity contribution < 1.29 is 0 Å². The number of aromatic nitrogens is 1. The number of anilines is 1. The summed E-state index contributed by atoms with van der Waals surface area (Å²) < 4.78 is 0. The van der Waals surface area contributed by atoms with E-state index in [0.29, 0.717) is 5.11 Å². The van der Waals surface area contributed by atoms with Crippen LogP contribution in [0.15, 0.2) is 60.0 Å². The molecule has 1 aliphatic rings. The molecule has 0 radical (unpaired) electrons. The normalized spacial score (nSPS) is 17.2. The lowest BCUT2D eigenvalue weighted by molar-refractivity contribution is 0.375. The molecule has 0 bridgehead atoms. The average Bonchev–Trinajstić information content (AvgIpc) is 2.99. The molecule has 0 fully saturated rings. The lowest BCUT2D eigenvalue weighted by atomic mass is 10.1. The summed E-state index contributed by atoms with van der Waals surface area (Å²) >= 11 is 5.45. The molecular weight excluding hydrogens is 268 g/mol. The number of hydrogen-bond acceptors (Lipinski definition) is 3. The lowest BCUT2D eigenvalue weighted by Gasteiger charge is -2.24. The van der Waals surface area contributed by atoms with E-state index >= 15 is 0 Å². The van der Waals surface area contributed by atoms with Gasteiger partial charge in [0.1, 0.15) is 0 Å². The number of hydrogen-bond donors (Lipinski definition) is 1. The number of nitrogens with zero attached hydrogens (tertiary/aromatic N) is 3. The summed E-state index contributed by atoms with van der Waals surface area (Å²) in [4.78, 5) is 4.06. The zero-order chi connectivity index (χ0) is 13.8. The molecule has 1 aromatic carbocycles. The molecule has 1 N–H and O–H groups in total. The van der Waals surface area contributed by atoms with Crippen molar-refractivity contribution in [1.82, 2.24) is 9.99 Å². The van der Waals surface area contributed by atoms with Crippen LogP contribution in [0.1, 0.15) is 18.0 Å². The molecule has 0 aliphatic carbocycles. The van der Waals surface area contributed by atoms with E-state index in [0.717, 1.165) is 12.1 Å². The fourth-order valence-corrected chi connectivity index (χ4v) is 2.47. The minimum absolute atomic E-state index is 0.160. The molecule has 0 spiro atoms. The Bertz CT molecular complexity index is 612. The molecule has 0 saturated carbocycles. The molecule has 1 aliphatic heterocycles. The van der Waals surface area contributed by atoms with E-state index in [1.54, 1.807) is 12.4 Å². The monoisotopic (exact) mass is 282 g/mol. The summed E-state index contributed by atoms with van der Waals surface area (Å²) in [5, 5.41) is 9.97. The number of rotatable bonds is 2. The summed E-state index contributed by atoms with van der Waals surface area (Å²) in [6.45, 7) is 0. The molecule has 20 heavy (non-hydrogen) atoms. The van der Waals surface area contributed by atoms with E-state index in [1.807, 2.05) is 41.6 Å². The Labute approximate surface area is 123 Å². The zero-order valence-corrected chi connectivity index (χ0v) is 11.6. The first-order valence-corrected chi connectivity index (χ1v) is 6.83. The van der Waals surface area contributed by atoms with E-state index in [2.05, 4.69) is 27.5 Å². The van der Waals surface area contributed by atoms with Crippen molar-refractivity contribution in [3.05, 3.63) is 60.4 Å². The van der Waals surface area contributed by atoms with Gasteiger partial charge in [0.15, 0.2) is 5.11 Å². The number of hydrazone groups is 1. The van der Waals surface area contributed by atoms with Crippen LogP contribution in [0, 0.1) is 0 Å². The molecule has 1 aromatic heterocycles. The van der Waals surface area contributed by atoms with Gasteiger partial charge in [0.05, 0.1) is 17.9 Å². The van der Waals surface area contributed by atoms with Gasteiger partial charge in [-0.3, -0.25) is 4.98 Å². The van der Waals surface area contributed by atoms with Crippen molar-refractivity contribution in [1.29, 1.82) is 0 Å². The fraction of sp³-hybridized carbons (Fsp3) is 0.133. The standard InChI is InChI=1S/C15H14N4S/c20-15(18-13-7-4-9-16-11-13)19-14(8-10-17-19)12-5-2-1-3-6-12/h1-7,9-11,14H,8H2,(H,18,20). The predicted molar refractivity (Wildman–Crippen MR) is 84.6 cm³/mol. The van der Waals surface area contributed by atoms with Crippen LogP contribution >= 0.6 is 12.2 Å². The van der Waals surface area contributed by atoms with Crippen LogP contribution in [-0.4, -0.2) is 21.3 Å². The Morgan fingerprint density at radius 3 is 2.80 bits per heavy atom. The van der Waals surface area contributed by atoms with Crippen LogP contribution in [0.2, 0.25) is 0 Å². The number of nitrogens with one attached hydrogen (secondary N) is 1. The van der Waals surface area contributed by atoms with Gasteiger partial charge < -0.3 is 5.32 Å². The van der Waals surface area contributed by atoms with Crippen molar-refractivity contribution in [3.8, 4) is 0 Å². The van der Waals surface area contributed by atoms with Gasteiger partial charge in [-0.05, 0) is 29.9 Å². The maximum atomic E-state index is 5.45. The van der Waals surface area contributed by atoms with Gasteiger partial charge in [-0.15, -0.1) is 0 Å². The minimum atomic E-state index is 0.160. The van der Waals surface area contributed by atoms with Gasteiger partial charge in [0, 0.05) is 18.8 Å². The number of benzene rings is 1. The second-order valence-electron chi connectivity index (χ2n) is 4.48. The number of thiocarbonyl (C=S) groups is 1. The van der Waals surface area contributed by atoms with Crippen molar-refractivity contribution in [2.45, 2.75) is 12.5 Å². The highest BCUT2D eigenvalue weighted by molar-refractivity contribution is 7.80. The smallest absolute Gasteiger partial charge is 0.194 e. The largest absolute Gasteiger partial charge is 0.330 e. The molecule has 5 heteroatoms. The third-order valence-electron chi connectivity index (χ3n) is 3.14. The molecule has 0 saturated heterocycles. The third kappa shape index (κ3) is 2.67. The van der Waals surface area contributed by atoms with Crippen LogP contribution < -0.4 is 5.32 Å². The summed E-state index contributed by atoms with van der Waals surface area (Å²) in [6, 6.07) is 14.2. The van der Waals surface area contributed by atoms with Crippen LogP contribution in [0.3, 0.4) is 0 Å². The topological polar surface area (TPSA) is 40.5 Å². The van der Waals surface area contributed by atoms with Gasteiger partial charge in [-0.1, -0.05) is 30.3 Å². The Balaban J connectivity index is 1.75. The maximum absolute atomic E-state index is 5.45. The summed E-state index contributed by atoms with van der Waals surface area (Å²) in [5.41, 5.74) is 2.08. The Kier molecular flexibility index (Phi) is 3.69. The Morgan fingerprint density at radius 2 is 2.05 bits per heavy atom. The molecule has 2 aromatic rings. The van der Waals surface area contributed by atoms with Gasteiger partial charge in [-0.25, -0.2) is 5.01 Å². The van der Waals surface area contributed by atoms with Crippen molar-refractivity contribution in [3.63, 3.8) is 0 Å². The predicted octanol–water partition coefficient (Wildman–Crippen LogP) is 3.21.